The Labute approximate surface area is 147 Å². The zero-order valence-corrected chi connectivity index (χ0v) is 13.8. The molecular weight excluding hydrogens is 334 g/mol. The van der Waals surface area contributed by atoms with E-state index in [4.69, 9.17) is 4.42 Å². The van der Waals surface area contributed by atoms with Crippen LogP contribution in [0.3, 0.4) is 0 Å². The Bertz CT molecular complexity index is 1130. The number of nitrogens with zero attached hydrogens (tertiary/aromatic N) is 3. The molecule has 0 radical (unpaired) electrons. The summed E-state index contributed by atoms with van der Waals surface area (Å²) in [4.78, 5) is 27.4. The van der Waals surface area contributed by atoms with Crippen molar-refractivity contribution in [2.45, 2.75) is 13.0 Å². The molecule has 1 amide bonds. The highest BCUT2D eigenvalue weighted by molar-refractivity contribution is 5.94. The van der Waals surface area contributed by atoms with Gasteiger partial charge in [-0.1, -0.05) is 6.07 Å². The predicted molar refractivity (Wildman–Crippen MR) is 93.6 cm³/mol. The number of aromatic nitrogens is 4. The van der Waals surface area contributed by atoms with Gasteiger partial charge in [-0.2, -0.15) is 0 Å². The molecule has 0 aliphatic carbocycles. The van der Waals surface area contributed by atoms with Crippen LogP contribution in [0.2, 0.25) is 0 Å². The fourth-order valence-corrected chi connectivity index (χ4v) is 2.72. The smallest absolute Gasteiger partial charge is 0.261 e. The molecule has 130 valence electrons. The van der Waals surface area contributed by atoms with Gasteiger partial charge in [-0.05, 0) is 43.3 Å². The topological polar surface area (TPSA) is 105 Å². The Morgan fingerprint density at radius 2 is 2.08 bits per heavy atom. The molecule has 4 rings (SSSR count). The highest BCUT2D eigenvalue weighted by Crippen LogP contribution is 2.16. The fourth-order valence-electron chi connectivity index (χ4n) is 2.72. The standard InChI is InChI=1S/C18H15N5O3/c1-11(16-22-21-15-6-2-3-9-23(15)16)19-17(24)12-7-8-13(20-18(12)25)14-5-4-10-26-14/h2-11H,1H3,(H,19,24)(H,20,25)/t11-/m1/s1. The van der Waals surface area contributed by atoms with Crippen LogP contribution in [0.25, 0.3) is 17.1 Å². The second-order valence-electron chi connectivity index (χ2n) is 5.77. The summed E-state index contributed by atoms with van der Waals surface area (Å²) in [6, 6.07) is 11.7. The first-order valence-corrected chi connectivity index (χ1v) is 8.01. The second-order valence-corrected chi connectivity index (χ2v) is 5.77. The first kappa shape index (κ1) is 15.8. The molecule has 8 heteroatoms. The second kappa shape index (κ2) is 6.32. The number of fused-ring (bicyclic) bond motifs is 1. The molecule has 0 bridgehead atoms. The molecule has 0 fully saturated rings. The van der Waals surface area contributed by atoms with Gasteiger partial charge in [0.25, 0.3) is 11.5 Å². The van der Waals surface area contributed by atoms with E-state index in [0.29, 0.717) is 22.9 Å². The lowest BCUT2D eigenvalue weighted by molar-refractivity contribution is 0.0936. The van der Waals surface area contributed by atoms with Gasteiger partial charge in [0.1, 0.15) is 11.3 Å². The van der Waals surface area contributed by atoms with Crippen molar-refractivity contribution in [3.8, 4) is 11.5 Å². The lowest BCUT2D eigenvalue weighted by atomic mass is 10.2. The van der Waals surface area contributed by atoms with Gasteiger partial charge < -0.3 is 14.7 Å². The van der Waals surface area contributed by atoms with E-state index in [1.165, 1.54) is 12.3 Å². The highest BCUT2D eigenvalue weighted by Gasteiger charge is 2.19. The molecule has 0 aliphatic rings. The maximum atomic E-state index is 12.5. The van der Waals surface area contributed by atoms with Crippen molar-refractivity contribution in [2.24, 2.45) is 0 Å². The van der Waals surface area contributed by atoms with Crippen LogP contribution in [0.5, 0.6) is 0 Å². The third-order valence-electron chi connectivity index (χ3n) is 4.02. The van der Waals surface area contributed by atoms with E-state index < -0.39 is 17.5 Å². The lowest BCUT2D eigenvalue weighted by Crippen LogP contribution is -2.32. The molecule has 8 nitrogen and oxygen atoms in total. The zero-order chi connectivity index (χ0) is 18.1. The number of amides is 1. The molecule has 1 atom stereocenters. The van der Waals surface area contributed by atoms with Gasteiger partial charge >= 0.3 is 0 Å². The van der Waals surface area contributed by atoms with Crippen molar-refractivity contribution < 1.29 is 9.21 Å². The highest BCUT2D eigenvalue weighted by atomic mass is 16.3. The number of furan rings is 1. The number of hydrogen-bond donors (Lipinski definition) is 2. The van der Waals surface area contributed by atoms with E-state index in [0.717, 1.165) is 0 Å². The maximum Gasteiger partial charge on any atom is 0.261 e. The fraction of sp³-hybridized carbons (Fsp3) is 0.111. The van der Waals surface area contributed by atoms with E-state index in [9.17, 15) is 9.59 Å². The van der Waals surface area contributed by atoms with Gasteiger partial charge in [0.15, 0.2) is 11.5 Å². The quantitative estimate of drug-likeness (QED) is 0.587. The van der Waals surface area contributed by atoms with Crippen LogP contribution in [0.1, 0.15) is 29.1 Å². The van der Waals surface area contributed by atoms with Crippen LogP contribution in [0.15, 0.2) is 64.1 Å². The Balaban J connectivity index is 1.57. The Hall–Kier alpha value is -3.68. The molecule has 2 N–H and O–H groups in total. The van der Waals surface area contributed by atoms with Gasteiger partial charge in [-0.25, -0.2) is 0 Å². The van der Waals surface area contributed by atoms with Gasteiger partial charge in [0.2, 0.25) is 0 Å². The number of rotatable bonds is 4. The molecule has 4 aromatic heterocycles. The number of aromatic amines is 1. The summed E-state index contributed by atoms with van der Waals surface area (Å²) in [6.45, 7) is 1.78. The Morgan fingerprint density at radius 3 is 2.85 bits per heavy atom. The third-order valence-corrected chi connectivity index (χ3v) is 4.02. The van der Waals surface area contributed by atoms with E-state index >= 15 is 0 Å². The molecule has 0 saturated heterocycles. The summed E-state index contributed by atoms with van der Waals surface area (Å²) < 4.78 is 7.03. The molecule has 0 saturated carbocycles. The summed E-state index contributed by atoms with van der Waals surface area (Å²) in [5.74, 6) is 0.618. The van der Waals surface area contributed by atoms with E-state index in [-0.39, 0.29) is 5.56 Å². The summed E-state index contributed by atoms with van der Waals surface area (Å²) in [7, 11) is 0. The molecule has 0 spiro atoms. The maximum absolute atomic E-state index is 12.5. The Morgan fingerprint density at radius 1 is 1.19 bits per heavy atom. The van der Waals surface area contributed by atoms with Gasteiger partial charge in [-0.15, -0.1) is 10.2 Å². The summed E-state index contributed by atoms with van der Waals surface area (Å²) in [5, 5.41) is 11.0. The number of carbonyl (C=O) groups is 1. The number of carbonyl (C=O) groups excluding carboxylic acids is 1. The Kier molecular flexibility index (Phi) is 3.85. The van der Waals surface area contributed by atoms with Crippen LogP contribution < -0.4 is 10.9 Å². The molecule has 0 unspecified atom stereocenters. The largest absolute Gasteiger partial charge is 0.463 e. The van der Waals surface area contributed by atoms with Gasteiger partial charge in [0.05, 0.1) is 18.0 Å². The van der Waals surface area contributed by atoms with Crippen molar-refractivity contribution in [1.82, 2.24) is 24.9 Å². The molecule has 0 aliphatic heterocycles. The minimum atomic E-state index is -0.491. The first-order chi connectivity index (χ1) is 12.6. The van der Waals surface area contributed by atoms with Gasteiger partial charge in [-0.3, -0.25) is 14.0 Å². The van der Waals surface area contributed by atoms with Crippen molar-refractivity contribution in [3.05, 3.63) is 76.7 Å². The third kappa shape index (κ3) is 2.77. The summed E-state index contributed by atoms with van der Waals surface area (Å²) >= 11 is 0. The lowest BCUT2D eigenvalue weighted by Gasteiger charge is -2.12. The average Bonchev–Trinajstić information content (AvgIpc) is 3.31. The monoisotopic (exact) mass is 349 g/mol. The average molecular weight is 349 g/mol. The van der Waals surface area contributed by atoms with Crippen molar-refractivity contribution in [2.75, 3.05) is 0 Å². The predicted octanol–water partition coefficient (Wildman–Crippen LogP) is 2.17. The zero-order valence-electron chi connectivity index (χ0n) is 13.8. The minimum Gasteiger partial charge on any atom is -0.463 e. The van der Waals surface area contributed by atoms with E-state index in [1.807, 2.05) is 24.4 Å². The molecule has 26 heavy (non-hydrogen) atoms. The normalized spacial score (nSPS) is 12.2. The minimum absolute atomic E-state index is 0.0148. The molecular formula is C18H15N5O3. The van der Waals surface area contributed by atoms with Gasteiger partial charge in [0, 0.05) is 6.20 Å². The van der Waals surface area contributed by atoms with Crippen molar-refractivity contribution in [3.63, 3.8) is 0 Å². The van der Waals surface area contributed by atoms with Crippen LogP contribution >= 0.6 is 0 Å². The first-order valence-electron chi connectivity index (χ1n) is 8.01. The number of hydrogen-bond acceptors (Lipinski definition) is 5. The number of H-pyrrole nitrogens is 1. The van der Waals surface area contributed by atoms with Crippen LogP contribution in [-0.4, -0.2) is 25.5 Å². The molecule has 4 heterocycles. The number of nitrogens with one attached hydrogen (secondary N) is 2. The van der Waals surface area contributed by atoms with E-state index in [1.54, 1.807) is 29.5 Å². The molecule has 4 aromatic rings. The van der Waals surface area contributed by atoms with Crippen molar-refractivity contribution in [1.29, 1.82) is 0 Å². The summed E-state index contributed by atoms with van der Waals surface area (Å²) in [6.07, 6.45) is 3.33. The number of pyridine rings is 2. The summed E-state index contributed by atoms with van der Waals surface area (Å²) in [5.41, 5.74) is 0.716. The van der Waals surface area contributed by atoms with E-state index in [2.05, 4.69) is 20.5 Å². The van der Waals surface area contributed by atoms with Crippen LogP contribution in [-0.2, 0) is 0 Å². The van der Waals surface area contributed by atoms with Crippen LogP contribution in [0.4, 0.5) is 0 Å². The van der Waals surface area contributed by atoms with Crippen molar-refractivity contribution >= 4 is 11.6 Å². The SMILES string of the molecule is C[C@@H](NC(=O)c1ccc(-c2ccco2)[nH]c1=O)c1nnc2ccccn12. The van der Waals surface area contributed by atoms with Crippen LogP contribution in [0, 0.1) is 0 Å². The molecule has 0 aromatic carbocycles.